The molecule has 0 N–H and O–H groups in total. The van der Waals surface area contributed by atoms with Gasteiger partial charge in [-0.25, -0.2) is 0 Å². The summed E-state index contributed by atoms with van der Waals surface area (Å²) in [5, 5.41) is 2.58. The van der Waals surface area contributed by atoms with Gasteiger partial charge in [0.1, 0.15) is 0 Å². The van der Waals surface area contributed by atoms with E-state index in [0.29, 0.717) is 0 Å². The molecule has 0 fully saturated rings. The molecule has 0 amide bonds. The number of anilines is 1. The zero-order valence-corrected chi connectivity index (χ0v) is 13.7. The zero-order valence-electron chi connectivity index (χ0n) is 13.7. The van der Waals surface area contributed by atoms with Crippen molar-refractivity contribution in [1.82, 2.24) is 0 Å². The molecule has 1 heterocycles. The predicted octanol–water partition coefficient (Wildman–Crippen LogP) is 5.65. The van der Waals surface area contributed by atoms with Crippen LogP contribution in [-0.4, -0.2) is 0 Å². The molecular weight excluding hydrogens is 278 g/mol. The first-order chi connectivity index (χ1) is 11.1. The fraction of sp³-hybridized carbons (Fsp3) is 0.182. The van der Waals surface area contributed by atoms with E-state index < -0.39 is 0 Å². The van der Waals surface area contributed by atoms with E-state index in [9.17, 15) is 0 Å². The lowest BCUT2D eigenvalue weighted by Crippen LogP contribution is -2.24. The first kappa shape index (κ1) is 14.1. The molecule has 0 saturated heterocycles. The van der Waals surface area contributed by atoms with Gasteiger partial charge in [0.25, 0.3) is 0 Å². The number of para-hydroxylation sites is 1. The molecule has 0 atom stereocenters. The smallest absolute Gasteiger partial charge is 0.0479 e. The van der Waals surface area contributed by atoms with E-state index in [1.165, 1.54) is 33.3 Å². The largest absolute Gasteiger partial charge is 0.340 e. The average Bonchev–Trinajstić information content (AvgIpc) is 2.76. The predicted molar refractivity (Wildman–Crippen MR) is 98.7 cm³/mol. The van der Waals surface area contributed by atoms with Crippen molar-refractivity contribution < 1.29 is 0 Å². The molecule has 1 nitrogen and oxygen atoms in total. The second-order valence-corrected chi connectivity index (χ2v) is 6.86. The molecule has 0 unspecified atom stereocenters. The summed E-state index contributed by atoms with van der Waals surface area (Å²) >= 11 is 0. The van der Waals surface area contributed by atoms with Gasteiger partial charge in [-0.3, -0.25) is 0 Å². The van der Waals surface area contributed by atoms with Crippen molar-refractivity contribution in [3.63, 3.8) is 0 Å². The molecule has 1 aliphatic heterocycles. The van der Waals surface area contributed by atoms with E-state index in [4.69, 9.17) is 0 Å². The Morgan fingerprint density at radius 2 is 1.57 bits per heavy atom. The molecule has 4 rings (SSSR count). The van der Waals surface area contributed by atoms with Gasteiger partial charge >= 0.3 is 0 Å². The molecule has 0 spiro atoms. The normalized spacial score (nSPS) is 15.9. The van der Waals surface area contributed by atoms with Gasteiger partial charge in [-0.15, -0.1) is 0 Å². The second-order valence-electron chi connectivity index (χ2n) is 6.86. The van der Waals surface area contributed by atoms with Crippen molar-refractivity contribution in [2.24, 2.45) is 0 Å². The highest BCUT2D eigenvalue weighted by Crippen LogP contribution is 2.47. The SMILES string of the molecule is C=C1N(Cc2ccc3ccccc3c2)c2ccccc2C1(C)C. The van der Waals surface area contributed by atoms with E-state index in [2.05, 4.69) is 92.1 Å². The van der Waals surface area contributed by atoms with Gasteiger partial charge in [-0.1, -0.05) is 75.0 Å². The maximum Gasteiger partial charge on any atom is 0.0479 e. The molecule has 0 bridgehead atoms. The highest BCUT2D eigenvalue weighted by molar-refractivity contribution is 5.83. The molecule has 0 aromatic heterocycles. The number of allylic oxidation sites excluding steroid dienone is 1. The van der Waals surface area contributed by atoms with Crippen LogP contribution < -0.4 is 4.90 Å². The number of rotatable bonds is 2. The Hall–Kier alpha value is -2.54. The van der Waals surface area contributed by atoms with Gasteiger partial charge in [-0.05, 0) is 34.0 Å². The molecule has 114 valence electrons. The Bertz CT molecular complexity index is 904. The van der Waals surface area contributed by atoms with Crippen LogP contribution in [0.4, 0.5) is 5.69 Å². The van der Waals surface area contributed by atoms with Crippen molar-refractivity contribution in [3.05, 3.63) is 90.1 Å². The highest BCUT2D eigenvalue weighted by atomic mass is 15.2. The number of nitrogens with zero attached hydrogens (tertiary/aromatic N) is 1. The van der Waals surface area contributed by atoms with Gasteiger partial charge < -0.3 is 4.90 Å². The Labute approximate surface area is 137 Å². The molecule has 3 aromatic rings. The average molecular weight is 299 g/mol. The lowest BCUT2D eigenvalue weighted by molar-refractivity contribution is 0.633. The molecule has 0 saturated carbocycles. The Kier molecular flexibility index (Phi) is 3.05. The Balaban J connectivity index is 1.74. The molecular formula is C22H21N. The van der Waals surface area contributed by atoms with E-state index in [-0.39, 0.29) is 5.41 Å². The van der Waals surface area contributed by atoms with Gasteiger partial charge in [0, 0.05) is 23.3 Å². The summed E-state index contributed by atoms with van der Waals surface area (Å²) in [6.45, 7) is 9.77. The lowest BCUT2D eigenvalue weighted by atomic mass is 9.84. The van der Waals surface area contributed by atoms with Gasteiger partial charge in [0.05, 0.1) is 0 Å². The van der Waals surface area contributed by atoms with Crippen LogP contribution in [0.25, 0.3) is 10.8 Å². The summed E-state index contributed by atoms with van der Waals surface area (Å²) in [4.78, 5) is 2.36. The van der Waals surface area contributed by atoms with Crippen LogP contribution in [0.2, 0.25) is 0 Å². The topological polar surface area (TPSA) is 3.24 Å². The summed E-state index contributed by atoms with van der Waals surface area (Å²) in [7, 11) is 0. The third-order valence-electron chi connectivity index (χ3n) is 5.07. The number of benzene rings is 3. The Morgan fingerprint density at radius 1 is 0.870 bits per heavy atom. The quantitative estimate of drug-likeness (QED) is 0.591. The van der Waals surface area contributed by atoms with Crippen LogP contribution in [0.15, 0.2) is 79.0 Å². The van der Waals surface area contributed by atoms with Crippen molar-refractivity contribution in [2.45, 2.75) is 25.8 Å². The molecule has 1 heteroatoms. The fourth-order valence-corrected chi connectivity index (χ4v) is 3.58. The molecule has 23 heavy (non-hydrogen) atoms. The zero-order chi connectivity index (χ0) is 16.0. The van der Waals surface area contributed by atoms with E-state index in [1.807, 2.05) is 0 Å². The van der Waals surface area contributed by atoms with Crippen LogP contribution >= 0.6 is 0 Å². The molecule has 3 aromatic carbocycles. The molecule has 0 radical (unpaired) electrons. The molecule has 1 aliphatic rings. The third kappa shape index (κ3) is 2.16. The second kappa shape index (κ2) is 4.99. The highest BCUT2D eigenvalue weighted by Gasteiger charge is 2.38. The van der Waals surface area contributed by atoms with Gasteiger partial charge in [0.2, 0.25) is 0 Å². The third-order valence-corrected chi connectivity index (χ3v) is 5.07. The monoisotopic (exact) mass is 299 g/mol. The van der Waals surface area contributed by atoms with Crippen molar-refractivity contribution >= 4 is 16.5 Å². The van der Waals surface area contributed by atoms with Crippen molar-refractivity contribution in [1.29, 1.82) is 0 Å². The van der Waals surface area contributed by atoms with Crippen molar-refractivity contribution in [3.8, 4) is 0 Å². The minimum atomic E-state index is -0.00651. The lowest BCUT2D eigenvalue weighted by Gasteiger charge is -2.26. The fourth-order valence-electron chi connectivity index (χ4n) is 3.58. The van der Waals surface area contributed by atoms with E-state index in [0.717, 1.165) is 6.54 Å². The minimum Gasteiger partial charge on any atom is -0.340 e. The summed E-state index contributed by atoms with van der Waals surface area (Å²) < 4.78 is 0. The van der Waals surface area contributed by atoms with E-state index >= 15 is 0 Å². The minimum absolute atomic E-state index is 0.00651. The number of hydrogen-bond donors (Lipinski definition) is 0. The summed E-state index contributed by atoms with van der Waals surface area (Å²) in [6, 6.07) is 23.9. The van der Waals surface area contributed by atoms with Crippen LogP contribution in [0.1, 0.15) is 25.0 Å². The van der Waals surface area contributed by atoms with Gasteiger partial charge in [-0.2, -0.15) is 0 Å². The van der Waals surface area contributed by atoms with Crippen LogP contribution in [0.5, 0.6) is 0 Å². The summed E-state index contributed by atoms with van der Waals surface area (Å²) in [5.74, 6) is 0. The van der Waals surface area contributed by atoms with Crippen LogP contribution in [0, 0.1) is 0 Å². The molecule has 0 aliphatic carbocycles. The summed E-state index contributed by atoms with van der Waals surface area (Å²) in [6.07, 6.45) is 0. The van der Waals surface area contributed by atoms with Gasteiger partial charge in [0.15, 0.2) is 0 Å². The Morgan fingerprint density at radius 3 is 2.39 bits per heavy atom. The number of hydrogen-bond acceptors (Lipinski definition) is 1. The standard InChI is InChI=1S/C22H21N/c1-16-22(2,3)20-10-6-7-11-21(20)23(16)15-17-12-13-18-8-4-5-9-19(18)14-17/h4-14H,1,15H2,2-3H3. The van der Waals surface area contributed by atoms with E-state index in [1.54, 1.807) is 0 Å². The first-order valence-corrected chi connectivity index (χ1v) is 8.11. The number of fused-ring (bicyclic) bond motifs is 2. The van der Waals surface area contributed by atoms with Crippen LogP contribution in [-0.2, 0) is 12.0 Å². The summed E-state index contributed by atoms with van der Waals surface area (Å²) in [5.41, 5.74) is 5.14. The maximum absolute atomic E-state index is 4.39. The van der Waals surface area contributed by atoms with Crippen LogP contribution in [0.3, 0.4) is 0 Å². The van der Waals surface area contributed by atoms with Crippen molar-refractivity contribution in [2.75, 3.05) is 4.90 Å². The maximum atomic E-state index is 4.39. The first-order valence-electron chi connectivity index (χ1n) is 8.11.